The summed E-state index contributed by atoms with van der Waals surface area (Å²) < 4.78 is 10.5. The number of nitriles is 1. The lowest BCUT2D eigenvalue weighted by atomic mass is 10.0. The standard InChI is InChI=1S/C20H17N3O3/c21-12-18-17(15-5-8-26-13-15)11-19(22-20(18)24)14-1-3-16(4-2-14)23-6-9-25-10-7-23/h1-5,8,11,13H,6-7,9-10H2,(H,22,24). The lowest BCUT2D eigenvalue weighted by Gasteiger charge is -2.28. The van der Waals surface area contributed by atoms with Gasteiger partial charge in [0.15, 0.2) is 0 Å². The SMILES string of the molecule is N#Cc1c(-c2ccoc2)cc(-c2ccc(N3CCOCC3)cc2)[nH]c1=O. The van der Waals surface area contributed by atoms with Crippen molar-refractivity contribution in [2.24, 2.45) is 0 Å². The number of nitrogens with one attached hydrogen (secondary N) is 1. The Balaban J connectivity index is 1.72. The lowest BCUT2D eigenvalue weighted by Crippen LogP contribution is -2.36. The molecule has 1 N–H and O–H groups in total. The summed E-state index contributed by atoms with van der Waals surface area (Å²) in [6.07, 6.45) is 3.05. The fraction of sp³-hybridized carbons (Fsp3) is 0.200. The lowest BCUT2D eigenvalue weighted by molar-refractivity contribution is 0.122. The average Bonchev–Trinajstić information content (AvgIpc) is 3.23. The first kappa shape index (κ1) is 16.2. The number of nitrogens with zero attached hydrogens (tertiary/aromatic N) is 2. The molecule has 0 radical (unpaired) electrons. The van der Waals surface area contributed by atoms with Crippen molar-refractivity contribution < 1.29 is 9.15 Å². The molecule has 26 heavy (non-hydrogen) atoms. The topological polar surface area (TPSA) is 82.3 Å². The molecule has 6 heteroatoms. The predicted octanol–water partition coefficient (Wildman–Crippen LogP) is 3.01. The zero-order valence-electron chi connectivity index (χ0n) is 14.1. The van der Waals surface area contributed by atoms with E-state index in [2.05, 4.69) is 9.88 Å². The Bertz CT molecular complexity index is 992. The number of H-pyrrole nitrogens is 1. The van der Waals surface area contributed by atoms with Crippen LogP contribution in [0.2, 0.25) is 0 Å². The highest BCUT2D eigenvalue weighted by Gasteiger charge is 2.14. The van der Waals surface area contributed by atoms with Crippen molar-refractivity contribution in [1.29, 1.82) is 5.26 Å². The van der Waals surface area contributed by atoms with Gasteiger partial charge < -0.3 is 19.0 Å². The van der Waals surface area contributed by atoms with E-state index in [1.165, 1.54) is 12.5 Å². The molecule has 1 aromatic carbocycles. The van der Waals surface area contributed by atoms with E-state index < -0.39 is 5.56 Å². The number of rotatable bonds is 3. The number of hydrogen-bond donors (Lipinski definition) is 1. The maximum absolute atomic E-state index is 12.3. The first-order valence-electron chi connectivity index (χ1n) is 8.39. The summed E-state index contributed by atoms with van der Waals surface area (Å²) in [5, 5.41) is 9.32. The molecule has 3 aromatic rings. The van der Waals surface area contributed by atoms with Gasteiger partial charge in [0.1, 0.15) is 11.6 Å². The van der Waals surface area contributed by atoms with Gasteiger partial charge in [-0.2, -0.15) is 5.26 Å². The summed E-state index contributed by atoms with van der Waals surface area (Å²) in [7, 11) is 0. The molecular weight excluding hydrogens is 330 g/mol. The average molecular weight is 347 g/mol. The van der Waals surface area contributed by atoms with Crippen molar-refractivity contribution in [1.82, 2.24) is 4.98 Å². The van der Waals surface area contributed by atoms with Crippen LogP contribution in [0.5, 0.6) is 0 Å². The van der Waals surface area contributed by atoms with Crippen LogP contribution in [-0.4, -0.2) is 31.3 Å². The Morgan fingerprint density at radius 1 is 1.08 bits per heavy atom. The Morgan fingerprint density at radius 3 is 2.50 bits per heavy atom. The van der Waals surface area contributed by atoms with Gasteiger partial charge in [-0.1, -0.05) is 12.1 Å². The Labute approximate surface area is 150 Å². The van der Waals surface area contributed by atoms with Gasteiger partial charge >= 0.3 is 0 Å². The normalized spacial score (nSPS) is 14.2. The fourth-order valence-electron chi connectivity index (χ4n) is 3.14. The maximum atomic E-state index is 12.3. The summed E-state index contributed by atoms with van der Waals surface area (Å²) in [5.74, 6) is 0. The second-order valence-electron chi connectivity index (χ2n) is 6.07. The minimum atomic E-state index is -0.404. The molecule has 1 aliphatic heterocycles. The third kappa shape index (κ3) is 3.01. The monoisotopic (exact) mass is 347 g/mol. The van der Waals surface area contributed by atoms with Gasteiger partial charge in [0.05, 0.1) is 25.7 Å². The number of benzene rings is 1. The second-order valence-corrected chi connectivity index (χ2v) is 6.07. The van der Waals surface area contributed by atoms with Gasteiger partial charge in [0.25, 0.3) is 5.56 Å². The molecule has 0 aliphatic carbocycles. The minimum absolute atomic E-state index is 0.0834. The summed E-state index contributed by atoms with van der Waals surface area (Å²) in [6, 6.07) is 13.5. The Kier molecular flexibility index (Phi) is 4.30. The smallest absolute Gasteiger partial charge is 0.266 e. The minimum Gasteiger partial charge on any atom is -0.472 e. The zero-order chi connectivity index (χ0) is 17.9. The van der Waals surface area contributed by atoms with Crippen LogP contribution in [0.4, 0.5) is 5.69 Å². The van der Waals surface area contributed by atoms with Crippen LogP contribution in [-0.2, 0) is 4.74 Å². The molecule has 2 aromatic heterocycles. The van der Waals surface area contributed by atoms with E-state index in [1.54, 1.807) is 6.07 Å². The highest BCUT2D eigenvalue weighted by molar-refractivity contribution is 5.75. The zero-order valence-corrected chi connectivity index (χ0v) is 14.1. The highest BCUT2D eigenvalue weighted by atomic mass is 16.5. The summed E-state index contributed by atoms with van der Waals surface area (Å²) in [4.78, 5) is 17.4. The van der Waals surface area contributed by atoms with E-state index in [4.69, 9.17) is 9.15 Å². The van der Waals surface area contributed by atoms with Crippen molar-refractivity contribution in [2.45, 2.75) is 0 Å². The molecule has 0 bridgehead atoms. The number of morpholine rings is 1. The highest BCUT2D eigenvalue weighted by Crippen LogP contribution is 2.27. The number of aromatic amines is 1. The van der Waals surface area contributed by atoms with Crippen molar-refractivity contribution in [3.8, 4) is 28.5 Å². The van der Waals surface area contributed by atoms with Gasteiger partial charge in [-0.05, 0) is 29.8 Å². The molecule has 130 valence electrons. The van der Waals surface area contributed by atoms with Crippen LogP contribution >= 0.6 is 0 Å². The number of pyridine rings is 1. The molecular formula is C20H17N3O3. The molecule has 0 spiro atoms. The van der Waals surface area contributed by atoms with Gasteiger partial charge in [0, 0.05) is 35.6 Å². The maximum Gasteiger partial charge on any atom is 0.266 e. The molecule has 6 nitrogen and oxygen atoms in total. The molecule has 1 aliphatic rings. The Morgan fingerprint density at radius 2 is 1.85 bits per heavy atom. The number of anilines is 1. The molecule has 1 saturated heterocycles. The number of aromatic nitrogens is 1. The van der Waals surface area contributed by atoms with Crippen LogP contribution < -0.4 is 10.5 Å². The fourth-order valence-corrected chi connectivity index (χ4v) is 3.14. The van der Waals surface area contributed by atoms with Crippen molar-refractivity contribution in [3.05, 3.63) is 64.8 Å². The van der Waals surface area contributed by atoms with Crippen LogP contribution in [0.15, 0.2) is 58.1 Å². The molecule has 0 atom stereocenters. The van der Waals surface area contributed by atoms with Crippen LogP contribution in [0, 0.1) is 11.3 Å². The first-order chi connectivity index (χ1) is 12.8. The van der Waals surface area contributed by atoms with Crippen LogP contribution in [0.25, 0.3) is 22.4 Å². The summed E-state index contributed by atoms with van der Waals surface area (Å²) in [6.45, 7) is 3.22. The quantitative estimate of drug-likeness (QED) is 0.787. The molecule has 0 unspecified atom stereocenters. The third-order valence-electron chi connectivity index (χ3n) is 4.53. The van der Waals surface area contributed by atoms with E-state index >= 15 is 0 Å². The van der Waals surface area contributed by atoms with Gasteiger partial charge in [-0.25, -0.2) is 0 Å². The van der Waals surface area contributed by atoms with Gasteiger partial charge in [0.2, 0.25) is 0 Å². The van der Waals surface area contributed by atoms with Crippen LogP contribution in [0.3, 0.4) is 0 Å². The van der Waals surface area contributed by atoms with E-state index in [-0.39, 0.29) is 5.56 Å². The molecule has 3 heterocycles. The van der Waals surface area contributed by atoms with E-state index in [1.807, 2.05) is 36.4 Å². The molecule has 1 fully saturated rings. The second kappa shape index (κ2) is 6.90. The van der Waals surface area contributed by atoms with E-state index in [9.17, 15) is 10.1 Å². The van der Waals surface area contributed by atoms with Crippen molar-refractivity contribution >= 4 is 5.69 Å². The van der Waals surface area contributed by atoms with E-state index in [0.717, 1.165) is 37.6 Å². The predicted molar refractivity (Wildman–Crippen MR) is 97.9 cm³/mol. The summed E-state index contributed by atoms with van der Waals surface area (Å²) in [5.41, 5.74) is 3.63. The molecule has 4 rings (SSSR count). The van der Waals surface area contributed by atoms with Gasteiger partial charge in [-0.3, -0.25) is 4.79 Å². The molecule has 0 saturated carbocycles. The Hall–Kier alpha value is -3.30. The van der Waals surface area contributed by atoms with E-state index in [0.29, 0.717) is 16.8 Å². The number of hydrogen-bond acceptors (Lipinski definition) is 5. The third-order valence-corrected chi connectivity index (χ3v) is 4.53. The largest absolute Gasteiger partial charge is 0.472 e. The summed E-state index contributed by atoms with van der Waals surface area (Å²) >= 11 is 0. The number of ether oxygens (including phenoxy) is 1. The van der Waals surface area contributed by atoms with Gasteiger partial charge in [-0.15, -0.1) is 0 Å². The van der Waals surface area contributed by atoms with Crippen molar-refractivity contribution in [2.75, 3.05) is 31.2 Å². The number of furan rings is 1. The molecule has 0 amide bonds. The van der Waals surface area contributed by atoms with Crippen LogP contribution in [0.1, 0.15) is 5.56 Å². The van der Waals surface area contributed by atoms with Crippen molar-refractivity contribution in [3.63, 3.8) is 0 Å². The first-order valence-corrected chi connectivity index (χ1v) is 8.39.